The van der Waals surface area contributed by atoms with Crippen LogP contribution in [-0.2, 0) is 16.6 Å². The van der Waals surface area contributed by atoms with E-state index in [0.717, 1.165) is 6.07 Å². The fourth-order valence-electron chi connectivity index (χ4n) is 1.45. The largest absolute Gasteiger partial charge is 0.326 e. The molecule has 0 radical (unpaired) electrons. The minimum Gasteiger partial charge on any atom is -0.326 e. The molecule has 0 unspecified atom stereocenters. The Balaban J connectivity index is 2.39. The van der Waals surface area contributed by atoms with Crippen LogP contribution in [0.3, 0.4) is 0 Å². The third-order valence-electron chi connectivity index (χ3n) is 2.34. The second-order valence-electron chi connectivity index (χ2n) is 3.66. The number of nitrogens with one attached hydrogen (secondary N) is 2. The molecule has 1 aromatic carbocycles. The number of nitrogens with zero attached hydrogens (tertiary/aromatic N) is 1. The zero-order chi connectivity index (χ0) is 14.0. The van der Waals surface area contributed by atoms with Crippen LogP contribution in [0.1, 0.15) is 5.56 Å². The molecule has 6 nitrogen and oxygen atoms in total. The Kier molecular flexibility index (Phi) is 3.88. The summed E-state index contributed by atoms with van der Waals surface area (Å²) in [5.41, 5.74) is 5.86. The second-order valence-corrected chi connectivity index (χ2v) is 6.13. The van der Waals surface area contributed by atoms with Crippen molar-refractivity contribution in [3.63, 3.8) is 0 Å². The van der Waals surface area contributed by atoms with Gasteiger partial charge >= 0.3 is 0 Å². The van der Waals surface area contributed by atoms with Crippen molar-refractivity contribution in [2.24, 2.45) is 5.73 Å². The standard InChI is InChI=1S/C10H10BrFN4O2S/c11-8-2-1-7(12)3-9(8)16-19(17,18)10-6(4-13)5-14-15-10/h1-3,5,16H,4,13H2,(H,14,15). The van der Waals surface area contributed by atoms with Crippen LogP contribution in [0, 0.1) is 5.82 Å². The van der Waals surface area contributed by atoms with E-state index in [9.17, 15) is 12.8 Å². The topological polar surface area (TPSA) is 101 Å². The van der Waals surface area contributed by atoms with Crippen molar-refractivity contribution in [2.75, 3.05) is 4.72 Å². The number of nitrogens with two attached hydrogens (primary N) is 1. The van der Waals surface area contributed by atoms with Gasteiger partial charge in [-0.3, -0.25) is 9.82 Å². The maximum absolute atomic E-state index is 13.1. The second kappa shape index (κ2) is 5.27. The molecule has 0 spiro atoms. The summed E-state index contributed by atoms with van der Waals surface area (Å²) in [7, 11) is -3.90. The molecule has 0 saturated heterocycles. The van der Waals surface area contributed by atoms with E-state index < -0.39 is 15.8 Å². The van der Waals surface area contributed by atoms with Crippen molar-refractivity contribution in [1.82, 2.24) is 10.2 Å². The van der Waals surface area contributed by atoms with E-state index in [1.165, 1.54) is 18.3 Å². The molecular weight excluding hydrogens is 339 g/mol. The van der Waals surface area contributed by atoms with Gasteiger partial charge in [0.05, 0.1) is 11.9 Å². The van der Waals surface area contributed by atoms with Gasteiger partial charge in [0.2, 0.25) is 0 Å². The van der Waals surface area contributed by atoms with Gasteiger partial charge in [-0.05, 0) is 34.1 Å². The van der Waals surface area contributed by atoms with Gasteiger partial charge in [-0.25, -0.2) is 4.39 Å². The molecule has 2 rings (SSSR count). The number of H-pyrrole nitrogens is 1. The van der Waals surface area contributed by atoms with Gasteiger partial charge in [0.15, 0.2) is 5.03 Å². The molecule has 0 saturated carbocycles. The molecule has 0 atom stereocenters. The average Bonchev–Trinajstić information content (AvgIpc) is 2.82. The molecule has 0 bridgehead atoms. The number of hydrogen-bond acceptors (Lipinski definition) is 4. The van der Waals surface area contributed by atoms with E-state index in [4.69, 9.17) is 5.73 Å². The highest BCUT2D eigenvalue weighted by atomic mass is 79.9. The van der Waals surface area contributed by atoms with E-state index in [1.54, 1.807) is 0 Å². The van der Waals surface area contributed by atoms with E-state index >= 15 is 0 Å². The third-order valence-corrected chi connectivity index (χ3v) is 4.41. The lowest BCUT2D eigenvalue weighted by atomic mass is 10.3. The lowest BCUT2D eigenvalue weighted by Gasteiger charge is -2.09. The summed E-state index contributed by atoms with van der Waals surface area (Å²) in [6.45, 7) is 0.0249. The molecule has 1 heterocycles. The smallest absolute Gasteiger partial charge is 0.279 e. The van der Waals surface area contributed by atoms with Crippen LogP contribution in [-0.4, -0.2) is 18.6 Å². The number of aromatic amines is 1. The molecule has 9 heteroatoms. The predicted molar refractivity (Wildman–Crippen MR) is 71.4 cm³/mol. The fourth-order valence-corrected chi connectivity index (χ4v) is 3.14. The summed E-state index contributed by atoms with van der Waals surface area (Å²) in [4.78, 5) is 0. The number of benzene rings is 1. The van der Waals surface area contributed by atoms with Gasteiger partial charge in [-0.2, -0.15) is 13.5 Å². The van der Waals surface area contributed by atoms with Gasteiger partial charge in [0, 0.05) is 16.6 Å². The highest BCUT2D eigenvalue weighted by Crippen LogP contribution is 2.26. The SMILES string of the molecule is NCc1cn[nH]c1S(=O)(=O)Nc1cc(F)ccc1Br. The Hall–Kier alpha value is -1.45. The van der Waals surface area contributed by atoms with Gasteiger partial charge in [0.1, 0.15) is 5.82 Å². The van der Waals surface area contributed by atoms with Crippen LogP contribution in [0.5, 0.6) is 0 Å². The maximum atomic E-state index is 13.1. The number of sulfonamides is 1. The van der Waals surface area contributed by atoms with Gasteiger partial charge in [-0.15, -0.1) is 0 Å². The molecular formula is C10H10BrFN4O2S. The van der Waals surface area contributed by atoms with Crippen LogP contribution in [0.4, 0.5) is 10.1 Å². The Morgan fingerprint density at radius 3 is 2.89 bits per heavy atom. The van der Waals surface area contributed by atoms with Gasteiger partial charge < -0.3 is 5.73 Å². The summed E-state index contributed by atoms with van der Waals surface area (Å²) < 4.78 is 40.0. The number of anilines is 1. The van der Waals surface area contributed by atoms with E-state index in [2.05, 4.69) is 30.8 Å². The molecule has 2 aromatic rings. The molecule has 0 aliphatic carbocycles. The Morgan fingerprint density at radius 1 is 1.47 bits per heavy atom. The minimum absolute atomic E-state index is 0.0249. The molecule has 19 heavy (non-hydrogen) atoms. The number of rotatable bonds is 4. The lowest BCUT2D eigenvalue weighted by Crippen LogP contribution is -2.16. The van der Waals surface area contributed by atoms with Gasteiger partial charge in [-0.1, -0.05) is 0 Å². The molecule has 0 aliphatic heterocycles. The summed E-state index contributed by atoms with van der Waals surface area (Å²) in [6.07, 6.45) is 1.33. The molecule has 102 valence electrons. The third kappa shape index (κ3) is 2.94. The normalized spacial score (nSPS) is 11.5. The molecule has 0 aliphatic rings. The number of aromatic nitrogens is 2. The van der Waals surface area contributed by atoms with Crippen LogP contribution in [0.15, 0.2) is 33.9 Å². The fraction of sp³-hybridized carbons (Fsp3) is 0.100. The van der Waals surface area contributed by atoms with Crippen molar-refractivity contribution >= 4 is 31.6 Å². The van der Waals surface area contributed by atoms with Crippen LogP contribution in [0.25, 0.3) is 0 Å². The van der Waals surface area contributed by atoms with Crippen molar-refractivity contribution in [1.29, 1.82) is 0 Å². The molecule has 0 amide bonds. The highest BCUT2D eigenvalue weighted by Gasteiger charge is 2.21. The van der Waals surface area contributed by atoms with E-state index in [-0.39, 0.29) is 17.3 Å². The number of hydrogen-bond donors (Lipinski definition) is 3. The Labute approximate surface area is 117 Å². The average molecular weight is 349 g/mol. The van der Waals surface area contributed by atoms with E-state index in [0.29, 0.717) is 10.0 Å². The Bertz CT molecular complexity index is 701. The van der Waals surface area contributed by atoms with Gasteiger partial charge in [0.25, 0.3) is 10.0 Å². The summed E-state index contributed by atoms with van der Waals surface area (Å²) >= 11 is 3.14. The first-order valence-electron chi connectivity index (χ1n) is 5.14. The van der Waals surface area contributed by atoms with Crippen molar-refractivity contribution in [3.05, 3.63) is 40.2 Å². The minimum atomic E-state index is -3.90. The Morgan fingerprint density at radius 2 is 2.21 bits per heavy atom. The van der Waals surface area contributed by atoms with Crippen molar-refractivity contribution < 1.29 is 12.8 Å². The lowest BCUT2D eigenvalue weighted by molar-refractivity contribution is 0.595. The first-order chi connectivity index (χ1) is 8.94. The first kappa shape index (κ1) is 14.0. The monoisotopic (exact) mass is 348 g/mol. The quantitative estimate of drug-likeness (QED) is 0.780. The predicted octanol–water partition coefficient (Wildman–Crippen LogP) is 1.57. The summed E-state index contributed by atoms with van der Waals surface area (Å²) in [6, 6.07) is 3.69. The maximum Gasteiger partial charge on any atom is 0.279 e. The first-order valence-corrected chi connectivity index (χ1v) is 7.42. The zero-order valence-corrected chi connectivity index (χ0v) is 11.9. The molecule has 4 N–H and O–H groups in total. The highest BCUT2D eigenvalue weighted by molar-refractivity contribution is 9.10. The van der Waals surface area contributed by atoms with Crippen molar-refractivity contribution in [3.8, 4) is 0 Å². The van der Waals surface area contributed by atoms with Crippen LogP contribution in [0.2, 0.25) is 0 Å². The van der Waals surface area contributed by atoms with Crippen LogP contribution >= 0.6 is 15.9 Å². The molecule has 1 aromatic heterocycles. The number of halogens is 2. The summed E-state index contributed by atoms with van der Waals surface area (Å²) in [5, 5.41) is 5.86. The zero-order valence-electron chi connectivity index (χ0n) is 9.52. The van der Waals surface area contributed by atoms with E-state index in [1.807, 2.05) is 0 Å². The summed E-state index contributed by atoms with van der Waals surface area (Å²) in [5.74, 6) is -0.551. The van der Waals surface area contributed by atoms with Crippen LogP contribution < -0.4 is 10.5 Å². The van der Waals surface area contributed by atoms with Crippen molar-refractivity contribution in [2.45, 2.75) is 11.6 Å². The molecule has 0 fully saturated rings.